The molecule has 7 heteroatoms. The van der Waals surface area contributed by atoms with E-state index in [1.165, 1.54) is 22.6 Å². The van der Waals surface area contributed by atoms with Gasteiger partial charge < -0.3 is 9.88 Å². The van der Waals surface area contributed by atoms with Crippen molar-refractivity contribution >= 4 is 33.2 Å². The van der Waals surface area contributed by atoms with Crippen molar-refractivity contribution < 1.29 is 13.2 Å². The third-order valence-corrected chi connectivity index (χ3v) is 8.12. The number of sulfone groups is 1. The second-order valence-corrected chi connectivity index (χ2v) is 11.7. The number of aryl methyl sites for hydroxylation is 2. The van der Waals surface area contributed by atoms with Crippen LogP contribution in [-0.4, -0.2) is 31.4 Å². The van der Waals surface area contributed by atoms with Crippen LogP contribution in [0, 0.1) is 13.8 Å². The maximum absolute atomic E-state index is 13.2. The molecule has 1 amide bonds. The molecule has 0 bridgehead atoms. The number of amides is 1. The molecule has 0 saturated heterocycles. The molecule has 36 heavy (non-hydrogen) atoms. The number of hydrogen-bond acceptors (Lipinski definition) is 4. The van der Waals surface area contributed by atoms with Gasteiger partial charge in [-0.15, -0.1) is 11.8 Å². The fourth-order valence-electron chi connectivity index (χ4n) is 4.40. The minimum absolute atomic E-state index is 0.215. The van der Waals surface area contributed by atoms with E-state index in [1.54, 1.807) is 23.9 Å². The van der Waals surface area contributed by atoms with Crippen molar-refractivity contribution in [1.29, 1.82) is 0 Å². The Morgan fingerprint density at radius 2 is 1.67 bits per heavy atom. The van der Waals surface area contributed by atoms with Crippen LogP contribution in [0.15, 0.2) is 82.6 Å². The number of para-hydroxylation sites is 1. The molecule has 4 rings (SSSR count). The normalized spacial score (nSPS) is 11.5. The molecule has 0 saturated carbocycles. The summed E-state index contributed by atoms with van der Waals surface area (Å²) in [4.78, 5) is 14.6. The highest BCUT2D eigenvalue weighted by Crippen LogP contribution is 2.33. The lowest BCUT2D eigenvalue weighted by Crippen LogP contribution is -2.13. The number of carbonyl (C=O) groups is 1. The van der Waals surface area contributed by atoms with Gasteiger partial charge in [-0.05, 0) is 86.2 Å². The van der Waals surface area contributed by atoms with Gasteiger partial charge in [0.25, 0.3) is 5.91 Å². The molecule has 4 aromatic rings. The van der Waals surface area contributed by atoms with Crippen molar-refractivity contribution in [3.8, 4) is 16.8 Å². The number of nitrogens with zero attached hydrogens (tertiary/aromatic N) is 1. The molecule has 0 atom stereocenters. The molecule has 5 nitrogen and oxygen atoms in total. The number of benzene rings is 3. The quantitative estimate of drug-likeness (QED) is 0.276. The van der Waals surface area contributed by atoms with Crippen molar-refractivity contribution in [1.82, 2.24) is 4.57 Å². The monoisotopic (exact) mass is 518 g/mol. The minimum atomic E-state index is -3.29. The van der Waals surface area contributed by atoms with E-state index in [4.69, 9.17) is 0 Å². The highest BCUT2D eigenvalue weighted by atomic mass is 32.2. The predicted molar refractivity (Wildman–Crippen MR) is 149 cm³/mol. The second-order valence-electron chi connectivity index (χ2n) is 8.81. The van der Waals surface area contributed by atoms with Crippen molar-refractivity contribution in [2.75, 3.05) is 17.8 Å². The molecule has 1 N–H and O–H groups in total. The summed E-state index contributed by atoms with van der Waals surface area (Å²) >= 11 is 1.73. The number of aromatic nitrogens is 1. The molecular formula is C29H30N2O3S2. The summed E-state index contributed by atoms with van der Waals surface area (Å²) in [5.41, 5.74) is 7.46. The molecule has 0 aliphatic rings. The van der Waals surface area contributed by atoms with Crippen LogP contribution in [0.1, 0.15) is 34.2 Å². The summed E-state index contributed by atoms with van der Waals surface area (Å²) < 4.78 is 25.6. The van der Waals surface area contributed by atoms with E-state index in [1.807, 2.05) is 32.0 Å². The number of nitrogens with one attached hydrogen (secondary N) is 1. The van der Waals surface area contributed by atoms with Crippen molar-refractivity contribution in [3.63, 3.8) is 0 Å². The highest BCUT2D eigenvalue weighted by Gasteiger charge is 2.19. The fraction of sp³-hybridized carbons (Fsp3) is 0.207. The highest BCUT2D eigenvalue weighted by molar-refractivity contribution is 7.98. The molecule has 0 spiro atoms. The molecule has 0 fully saturated rings. The Morgan fingerprint density at radius 1 is 0.972 bits per heavy atom. The number of thioether (sulfide) groups is 1. The molecule has 0 unspecified atom stereocenters. The molecular weight excluding hydrogens is 488 g/mol. The van der Waals surface area contributed by atoms with E-state index >= 15 is 0 Å². The Kier molecular flexibility index (Phi) is 7.43. The standard InChI is InChI=1S/C29H30N2O3S2/c1-6-21-16-22(18-24(17-21)35-4)26-9-7-8-10-28(26)31-19(2)15-27(20(31)3)29(32)30-23-11-13-25(14-12-23)36(5,33)34/h7-18H,6H2,1-5H3,(H,30,32). The Labute approximate surface area is 217 Å². The van der Waals surface area contributed by atoms with Gasteiger partial charge in [0.2, 0.25) is 0 Å². The van der Waals surface area contributed by atoms with E-state index < -0.39 is 9.84 Å². The van der Waals surface area contributed by atoms with Gasteiger partial charge in [-0.25, -0.2) is 8.42 Å². The third kappa shape index (κ3) is 5.27. The number of rotatable bonds is 7. The third-order valence-electron chi connectivity index (χ3n) is 6.28. The van der Waals surface area contributed by atoms with E-state index in [0.717, 1.165) is 40.9 Å². The van der Waals surface area contributed by atoms with Crippen LogP contribution in [0.2, 0.25) is 0 Å². The fourth-order valence-corrected chi connectivity index (χ4v) is 5.54. The summed E-state index contributed by atoms with van der Waals surface area (Å²) in [6, 6.07) is 23.0. The molecule has 1 aromatic heterocycles. The largest absolute Gasteiger partial charge is 0.322 e. The lowest BCUT2D eigenvalue weighted by atomic mass is 10.00. The SMILES string of the molecule is CCc1cc(SC)cc(-c2ccccc2-n2c(C)cc(C(=O)Nc3ccc(S(C)(=O)=O)cc3)c2C)c1. The van der Waals surface area contributed by atoms with Gasteiger partial charge in [0.1, 0.15) is 0 Å². The molecule has 0 radical (unpaired) electrons. The van der Waals surface area contributed by atoms with Gasteiger partial charge in [-0.2, -0.15) is 0 Å². The minimum Gasteiger partial charge on any atom is -0.322 e. The Morgan fingerprint density at radius 3 is 2.31 bits per heavy atom. The molecule has 186 valence electrons. The van der Waals surface area contributed by atoms with E-state index in [2.05, 4.69) is 53.4 Å². The van der Waals surface area contributed by atoms with Crippen LogP contribution in [0.5, 0.6) is 0 Å². The van der Waals surface area contributed by atoms with Crippen molar-refractivity contribution in [2.24, 2.45) is 0 Å². The second kappa shape index (κ2) is 10.4. The molecule has 0 aliphatic heterocycles. The first kappa shape index (κ1) is 25.8. The zero-order valence-corrected chi connectivity index (χ0v) is 22.8. The van der Waals surface area contributed by atoms with Crippen molar-refractivity contribution in [2.45, 2.75) is 37.0 Å². The van der Waals surface area contributed by atoms with Gasteiger partial charge in [0.15, 0.2) is 9.84 Å². The average molecular weight is 519 g/mol. The van der Waals surface area contributed by atoms with Gasteiger partial charge in [-0.1, -0.05) is 31.2 Å². The van der Waals surface area contributed by atoms with Crippen LogP contribution in [-0.2, 0) is 16.3 Å². The van der Waals surface area contributed by atoms with Crippen molar-refractivity contribution in [3.05, 3.63) is 95.3 Å². The Balaban J connectivity index is 1.72. The van der Waals surface area contributed by atoms with Gasteiger partial charge in [-0.3, -0.25) is 4.79 Å². The Bertz CT molecular complexity index is 1510. The topological polar surface area (TPSA) is 68.2 Å². The zero-order valence-electron chi connectivity index (χ0n) is 21.1. The van der Waals surface area contributed by atoms with E-state index in [-0.39, 0.29) is 10.8 Å². The van der Waals surface area contributed by atoms with Gasteiger partial charge in [0.05, 0.1) is 16.1 Å². The van der Waals surface area contributed by atoms with Gasteiger partial charge in [0, 0.05) is 33.8 Å². The number of anilines is 1. The smallest absolute Gasteiger partial charge is 0.257 e. The summed E-state index contributed by atoms with van der Waals surface area (Å²) in [5, 5.41) is 2.90. The summed E-state index contributed by atoms with van der Waals surface area (Å²) in [6.07, 6.45) is 4.21. The van der Waals surface area contributed by atoms with Gasteiger partial charge >= 0.3 is 0 Å². The van der Waals surface area contributed by atoms with Crippen LogP contribution in [0.3, 0.4) is 0 Å². The lowest BCUT2D eigenvalue weighted by molar-refractivity contribution is 0.102. The zero-order chi connectivity index (χ0) is 26.0. The summed E-state index contributed by atoms with van der Waals surface area (Å²) in [5.74, 6) is -0.239. The maximum Gasteiger partial charge on any atom is 0.257 e. The van der Waals surface area contributed by atoms with E-state index in [0.29, 0.717) is 11.3 Å². The number of hydrogen-bond donors (Lipinski definition) is 1. The predicted octanol–water partition coefficient (Wildman–Crippen LogP) is 6.70. The van der Waals surface area contributed by atoms with Crippen LogP contribution in [0.25, 0.3) is 16.8 Å². The Hall–Kier alpha value is -3.29. The molecule has 3 aromatic carbocycles. The first-order valence-corrected chi connectivity index (χ1v) is 14.8. The number of carbonyl (C=O) groups excluding carboxylic acids is 1. The van der Waals surface area contributed by atoms with Crippen LogP contribution < -0.4 is 5.32 Å². The first-order valence-electron chi connectivity index (χ1n) is 11.7. The molecule has 1 heterocycles. The maximum atomic E-state index is 13.2. The summed E-state index contributed by atoms with van der Waals surface area (Å²) in [7, 11) is -3.29. The van der Waals surface area contributed by atoms with Crippen LogP contribution in [0.4, 0.5) is 5.69 Å². The lowest BCUT2D eigenvalue weighted by Gasteiger charge is -2.17. The average Bonchev–Trinajstić information content (AvgIpc) is 3.17. The van der Waals surface area contributed by atoms with Crippen LogP contribution >= 0.6 is 11.8 Å². The van der Waals surface area contributed by atoms with E-state index in [9.17, 15) is 13.2 Å². The first-order chi connectivity index (χ1) is 17.1. The molecule has 0 aliphatic carbocycles. The summed E-state index contributed by atoms with van der Waals surface area (Å²) in [6.45, 7) is 6.10.